The number of benzene rings is 2. The molecule has 0 aliphatic rings. The minimum Gasteiger partial charge on any atom is -0.352 e. The Labute approximate surface area is 177 Å². The van der Waals surface area contributed by atoms with Crippen LogP contribution in [0.3, 0.4) is 0 Å². The molecule has 158 valence electrons. The highest BCUT2D eigenvalue weighted by molar-refractivity contribution is 7.92. The van der Waals surface area contributed by atoms with E-state index in [0.717, 1.165) is 12.4 Å². The Bertz CT molecular complexity index is 1110. The molecule has 30 heavy (non-hydrogen) atoms. The number of para-hydroxylation sites is 1. The molecule has 0 fully saturated rings. The van der Waals surface area contributed by atoms with Crippen LogP contribution in [0.2, 0.25) is 0 Å². The molecular formula is C22H26N4O3S. The molecule has 0 saturated carbocycles. The van der Waals surface area contributed by atoms with Crippen molar-refractivity contribution in [3.8, 4) is 0 Å². The van der Waals surface area contributed by atoms with Crippen LogP contribution in [0.25, 0.3) is 0 Å². The molecule has 0 aliphatic heterocycles. The Balaban J connectivity index is 1.68. The smallest absolute Gasteiger partial charge is 0.264 e. The Morgan fingerprint density at radius 2 is 1.90 bits per heavy atom. The van der Waals surface area contributed by atoms with Crippen LogP contribution in [-0.4, -0.2) is 37.5 Å². The molecule has 2 aromatic carbocycles. The first-order valence-corrected chi connectivity index (χ1v) is 11.1. The molecule has 1 amide bonds. The number of hydrogen-bond acceptors (Lipinski definition) is 4. The zero-order valence-corrected chi connectivity index (χ0v) is 18.1. The topological polar surface area (TPSA) is 84.3 Å². The molecule has 0 bridgehead atoms. The molecule has 7 nitrogen and oxygen atoms in total. The molecule has 0 saturated heterocycles. The Morgan fingerprint density at radius 3 is 2.57 bits per heavy atom. The van der Waals surface area contributed by atoms with Crippen LogP contribution in [-0.2, 0) is 16.6 Å². The number of aryl methyl sites for hydroxylation is 1. The van der Waals surface area contributed by atoms with Crippen molar-refractivity contribution in [3.63, 3.8) is 0 Å². The second-order valence-corrected chi connectivity index (χ2v) is 9.25. The Morgan fingerprint density at radius 1 is 1.17 bits per heavy atom. The molecule has 3 rings (SSSR count). The summed E-state index contributed by atoms with van der Waals surface area (Å²) < 4.78 is 29.2. The number of nitrogens with one attached hydrogen (secondary N) is 1. The maximum Gasteiger partial charge on any atom is 0.264 e. The first-order chi connectivity index (χ1) is 14.3. The van der Waals surface area contributed by atoms with Crippen molar-refractivity contribution < 1.29 is 13.2 Å². The summed E-state index contributed by atoms with van der Waals surface area (Å²) in [6.45, 7) is 5.18. The number of rotatable bonds is 8. The van der Waals surface area contributed by atoms with Gasteiger partial charge in [0.2, 0.25) is 0 Å². The average Bonchev–Trinajstić information content (AvgIpc) is 3.16. The summed E-state index contributed by atoms with van der Waals surface area (Å²) >= 11 is 0. The largest absolute Gasteiger partial charge is 0.352 e. The highest BCUT2D eigenvalue weighted by Gasteiger charge is 2.22. The molecule has 1 heterocycles. The lowest BCUT2D eigenvalue weighted by Gasteiger charge is -2.20. The summed E-state index contributed by atoms with van der Waals surface area (Å²) in [6, 6.07) is 14.9. The van der Waals surface area contributed by atoms with Crippen molar-refractivity contribution in [1.82, 2.24) is 14.9 Å². The molecule has 1 aromatic heterocycles. The van der Waals surface area contributed by atoms with Crippen molar-refractivity contribution >= 4 is 21.6 Å². The lowest BCUT2D eigenvalue weighted by atomic mass is 10.1. The van der Waals surface area contributed by atoms with Crippen LogP contribution in [0.5, 0.6) is 0 Å². The summed E-state index contributed by atoms with van der Waals surface area (Å²) in [6.07, 6.45) is 3.66. The fourth-order valence-electron chi connectivity index (χ4n) is 3.10. The van der Waals surface area contributed by atoms with Crippen LogP contribution >= 0.6 is 0 Å². The molecule has 1 unspecified atom stereocenters. The third-order valence-corrected chi connectivity index (χ3v) is 6.70. The van der Waals surface area contributed by atoms with Crippen LogP contribution < -0.4 is 9.62 Å². The molecule has 1 atom stereocenters. The zero-order chi connectivity index (χ0) is 21.7. The van der Waals surface area contributed by atoms with Gasteiger partial charge in [-0.3, -0.25) is 9.10 Å². The van der Waals surface area contributed by atoms with Crippen molar-refractivity contribution in [2.24, 2.45) is 5.92 Å². The monoisotopic (exact) mass is 426 g/mol. The van der Waals surface area contributed by atoms with E-state index in [4.69, 9.17) is 0 Å². The van der Waals surface area contributed by atoms with Gasteiger partial charge in [0.05, 0.1) is 10.6 Å². The number of hydrogen-bond donors (Lipinski definition) is 1. The van der Waals surface area contributed by atoms with Gasteiger partial charge in [0.15, 0.2) is 0 Å². The van der Waals surface area contributed by atoms with Gasteiger partial charge < -0.3 is 9.88 Å². The van der Waals surface area contributed by atoms with Crippen LogP contribution in [0.15, 0.2) is 71.9 Å². The predicted molar refractivity (Wildman–Crippen MR) is 117 cm³/mol. The molecule has 0 aliphatic carbocycles. The molecule has 1 N–H and O–H groups in total. The van der Waals surface area contributed by atoms with E-state index in [1.165, 1.54) is 23.5 Å². The van der Waals surface area contributed by atoms with E-state index < -0.39 is 10.0 Å². The van der Waals surface area contributed by atoms with Gasteiger partial charge in [0, 0.05) is 38.1 Å². The number of aromatic nitrogens is 2. The maximum atomic E-state index is 13.0. The second-order valence-electron chi connectivity index (χ2n) is 7.28. The third kappa shape index (κ3) is 4.88. The molecule has 8 heteroatoms. The first-order valence-electron chi connectivity index (χ1n) is 9.69. The lowest BCUT2D eigenvalue weighted by Crippen LogP contribution is -2.30. The molecular weight excluding hydrogens is 400 g/mol. The van der Waals surface area contributed by atoms with E-state index in [-0.39, 0.29) is 16.7 Å². The van der Waals surface area contributed by atoms with E-state index >= 15 is 0 Å². The van der Waals surface area contributed by atoms with E-state index in [2.05, 4.69) is 10.3 Å². The minimum absolute atomic E-state index is 0.0728. The first kappa shape index (κ1) is 21.6. The van der Waals surface area contributed by atoms with E-state index in [1.807, 2.05) is 30.7 Å². The van der Waals surface area contributed by atoms with Gasteiger partial charge in [-0.05, 0) is 43.2 Å². The van der Waals surface area contributed by atoms with Crippen molar-refractivity contribution in [1.29, 1.82) is 0 Å². The Kier molecular flexibility index (Phi) is 6.56. The predicted octanol–water partition coefficient (Wildman–Crippen LogP) is 3.08. The van der Waals surface area contributed by atoms with E-state index in [0.29, 0.717) is 17.8 Å². The van der Waals surface area contributed by atoms with Crippen molar-refractivity contribution in [2.75, 3.05) is 17.9 Å². The van der Waals surface area contributed by atoms with Crippen LogP contribution in [0.1, 0.15) is 23.1 Å². The number of anilines is 1. The van der Waals surface area contributed by atoms with E-state index in [1.54, 1.807) is 42.6 Å². The number of carbonyl (C=O) groups excluding carboxylic acids is 1. The summed E-state index contributed by atoms with van der Waals surface area (Å²) in [5.41, 5.74) is 0.861. The summed E-state index contributed by atoms with van der Waals surface area (Å²) in [5.74, 6) is 0.815. The number of sulfonamides is 1. The highest BCUT2D eigenvalue weighted by Crippen LogP contribution is 2.22. The number of imidazole rings is 1. The standard InChI is InChI=1S/C22H26N4O3S/c1-17(16-26-13-12-23-18(26)2)15-24-22(27)19-8-7-11-21(14-19)30(28,29)25(3)20-9-5-4-6-10-20/h4-14,17H,15-16H2,1-3H3,(H,24,27). The summed E-state index contributed by atoms with van der Waals surface area (Å²) in [4.78, 5) is 16.9. The number of amides is 1. The Hall–Kier alpha value is -3.13. The van der Waals surface area contributed by atoms with Gasteiger partial charge in [0.25, 0.3) is 15.9 Å². The summed E-state index contributed by atoms with van der Waals surface area (Å²) in [7, 11) is -2.28. The van der Waals surface area contributed by atoms with Gasteiger partial charge in [-0.25, -0.2) is 13.4 Å². The van der Waals surface area contributed by atoms with Gasteiger partial charge in [0.1, 0.15) is 5.82 Å². The van der Waals surface area contributed by atoms with Crippen LogP contribution in [0.4, 0.5) is 5.69 Å². The lowest BCUT2D eigenvalue weighted by molar-refractivity contribution is 0.0946. The number of carbonyl (C=O) groups is 1. The minimum atomic E-state index is -3.78. The van der Waals surface area contributed by atoms with E-state index in [9.17, 15) is 13.2 Å². The normalized spacial score (nSPS) is 12.4. The number of nitrogens with zero attached hydrogens (tertiary/aromatic N) is 3. The van der Waals surface area contributed by atoms with Crippen LogP contribution in [0, 0.1) is 12.8 Å². The molecule has 0 radical (unpaired) electrons. The second kappa shape index (κ2) is 9.13. The van der Waals surface area contributed by atoms with Gasteiger partial charge in [-0.15, -0.1) is 0 Å². The SMILES string of the molecule is Cc1nccn1CC(C)CNC(=O)c1cccc(S(=O)(=O)N(C)c2ccccc2)c1. The quantitative estimate of drug-likeness (QED) is 0.600. The fraction of sp³-hybridized carbons (Fsp3) is 0.273. The third-order valence-electron chi connectivity index (χ3n) is 4.92. The van der Waals surface area contributed by atoms with Gasteiger partial charge in [-0.1, -0.05) is 31.2 Å². The average molecular weight is 427 g/mol. The van der Waals surface area contributed by atoms with Crippen molar-refractivity contribution in [2.45, 2.75) is 25.3 Å². The maximum absolute atomic E-state index is 13.0. The fourth-order valence-corrected chi connectivity index (χ4v) is 4.34. The highest BCUT2D eigenvalue weighted by atomic mass is 32.2. The molecule has 0 spiro atoms. The zero-order valence-electron chi connectivity index (χ0n) is 17.3. The van der Waals surface area contributed by atoms with Gasteiger partial charge in [-0.2, -0.15) is 0 Å². The summed E-state index contributed by atoms with van der Waals surface area (Å²) in [5, 5.41) is 2.89. The molecule has 3 aromatic rings. The van der Waals surface area contributed by atoms with Crippen molar-refractivity contribution in [3.05, 3.63) is 78.4 Å². The van der Waals surface area contributed by atoms with Gasteiger partial charge >= 0.3 is 0 Å².